The number of halogens is 1. The van der Waals surface area contributed by atoms with E-state index in [0.29, 0.717) is 17.3 Å². The fourth-order valence-electron chi connectivity index (χ4n) is 1.69. The first-order valence-corrected chi connectivity index (χ1v) is 8.10. The lowest BCUT2D eigenvalue weighted by molar-refractivity contribution is 0.421. The van der Waals surface area contributed by atoms with Crippen molar-refractivity contribution in [3.8, 4) is 0 Å². The third kappa shape index (κ3) is 2.27. The molecule has 2 rings (SSSR count). The summed E-state index contributed by atoms with van der Waals surface area (Å²) in [7, 11) is -3.29. The lowest BCUT2D eigenvalue weighted by Crippen LogP contribution is -2.32. The van der Waals surface area contributed by atoms with Gasteiger partial charge >= 0.3 is 0 Å². The van der Waals surface area contributed by atoms with E-state index >= 15 is 0 Å². The van der Waals surface area contributed by atoms with Crippen LogP contribution in [0.3, 0.4) is 0 Å². The monoisotopic (exact) mass is 279 g/mol. The van der Waals surface area contributed by atoms with Crippen LogP contribution in [-0.2, 0) is 15.9 Å². The van der Waals surface area contributed by atoms with Crippen molar-refractivity contribution in [3.05, 3.63) is 16.3 Å². The molecular formula is C10H14ClNO2S2. The van der Waals surface area contributed by atoms with Crippen molar-refractivity contribution >= 4 is 33.0 Å². The molecule has 0 unspecified atom stereocenters. The second-order valence-corrected chi connectivity index (χ2v) is 6.98. The molecule has 1 aromatic heterocycles. The molecule has 0 radical (unpaired) electrons. The Balaban J connectivity index is 2.29. The molecule has 0 spiro atoms. The number of rotatable bonds is 5. The minimum absolute atomic E-state index is 0.217. The summed E-state index contributed by atoms with van der Waals surface area (Å²) in [5, 5.41) is 1.68. The summed E-state index contributed by atoms with van der Waals surface area (Å²) in [5.74, 6) is 0.371. The van der Waals surface area contributed by atoms with Crippen molar-refractivity contribution in [1.82, 2.24) is 4.31 Å². The predicted octanol–water partition coefficient (Wildman–Crippen LogP) is 2.66. The van der Waals surface area contributed by atoms with Gasteiger partial charge in [-0.1, -0.05) is 6.92 Å². The highest BCUT2D eigenvalue weighted by Crippen LogP contribution is 2.33. The zero-order chi connectivity index (χ0) is 11.8. The molecule has 1 saturated carbocycles. The SMILES string of the molecule is CCN(C1CC1)S(=O)(=O)c1csc(CCl)c1. The molecule has 0 atom stereocenters. The van der Waals surface area contributed by atoms with Crippen molar-refractivity contribution < 1.29 is 8.42 Å². The molecule has 3 nitrogen and oxygen atoms in total. The van der Waals surface area contributed by atoms with Gasteiger partial charge < -0.3 is 0 Å². The summed E-state index contributed by atoms with van der Waals surface area (Å²) in [6.45, 7) is 2.42. The smallest absolute Gasteiger partial charge is 0.207 e. The lowest BCUT2D eigenvalue weighted by Gasteiger charge is -2.18. The van der Waals surface area contributed by atoms with E-state index < -0.39 is 10.0 Å². The van der Waals surface area contributed by atoms with Gasteiger partial charge in [0.25, 0.3) is 0 Å². The summed E-state index contributed by atoms with van der Waals surface area (Å²) in [6, 6.07) is 1.90. The van der Waals surface area contributed by atoms with Crippen LogP contribution in [0.1, 0.15) is 24.6 Å². The van der Waals surface area contributed by atoms with Crippen LogP contribution < -0.4 is 0 Å². The molecule has 90 valence electrons. The highest BCUT2D eigenvalue weighted by Gasteiger charge is 2.37. The molecular weight excluding hydrogens is 266 g/mol. The number of hydrogen-bond acceptors (Lipinski definition) is 3. The van der Waals surface area contributed by atoms with Crippen LogP contribution in [0.4, 0.5) is 0 Å². The van der Waals surface area contributed by atoms with Crippen LogP contribution >= 0.6 is 22.9 Å². The fourth-order valence-corrected chi connectivity index (χ4v) is 4.76. The maximum Gasteiger partial charge on any atom is 0.244 e. The van der Waals surface area contributed by atoms with E-state index in [1.807, 2.05) is 6.92 Å². The molecule has 0 aromatic carbocycles. The summed E-state index contributed by atoms with van der Waals surface area (Å²) < 4.78 is 26.1. The molecule has 1 fully saturated rings. The van der Waals surface area contributed by atoms with Gasteiger partial charge in [0.05, 0.1) is 10.8 Å². The van der Waals surface area contributed by atoms with Crippen molar-refractivity contribution in [2.45, 2.75) is 36.6 Å². The maximum atomic E-state index is 12.3. The highest BCUT2D eigenvalue weighted by atomic mass is 35.5. The van der Waals surface area contributed by atoms with Gasteiger partial charge in [-0.2, -0.15) is 4.31 Å². The molecule has 0 N–H and O–H groups in total. The average molecular weight is 280 g/mol. The summed E-state index contributed by atoms with van der Waals surface area (Å²) in [5.41, 5.74) is 0. The minimum atomic E-state index is -3.29. The first-order chi connectivity index (χ1) is 7.59. The molecule has 1 aromatic rings. The Bertz CT molecular complexity index is 465. The molecule has 6 heteroatoms. The molecule has 1 heterocycles. The van der Waals surface area contributed by atoms with Crippen LogP contribution in [0, 0.1) is 0 Å². The molecule has 16 heavy (non-hydrogen) atoms. The lowest BCUT2D eigenvalue weighted by atomic mass is 10.5. The van der Waals surface area contributed by atoms with E-state index in [4.69, 9.17) is 11.6 Å². The molecule has 0 bridgehead atoms. The zero-order valence-electron chi connectivity index (χ0n) is 9.02. The second kappa shape index (κ2) is 4.64. The maximum absolute atomic E-state index is 12.3. The summed E-state index contributed by atoms with van der Waals surface area (Å²) in [4.78, 5) is 1.29. The Labute approximate surface area is 105 Å². The number of hydrogen-bond donors (Lipinski definition) is 0. The summed E-state index contributed by atoms with van der Waals surface area (Å²) >= 11 is 7.08. The quantitative estimate of drug-likeness (QED) is 0.777. The van der Waals surface area contributed by atoms with Crippen molar-refractivity contribution in [1.29, 1.82) is 0 Å². The Kier molecular flexibility index (Phi) is 3.59. The van der Waals surface area contributed by atoms with Gasteiger partial charge in [-0.15, -0.1) is 22.9 Å². The number of alkyl halides is 1. The highest BCUT2D eigenvalue weighted by molar-refractivity contribution is 7.89. The van der Waals surface area contributed by atoms with E-state index in [0.717, 1.165) is 17.7 Å². The third-order valence-corrected chi connectivity index (χ3v) is 6.17. The van der Waals surface area contributed by atoms with Crippen LogP contribution in [0.5, 0.6) is 0 Å². The van der Waals surface area contributed by atoms with E-state index in [9.17, 15) is 8.42 Å². The number of thiophene rings is 1. The van der Waals surface area contributed by atoms with Gasteiger partial charge in [0, 0.05) is 22.8 Å². The largest absolute Gasteiger partial charge is 0.244 e. The van der Waals surface area contributed by atoms with E-state index in [-0.39, 0.29) is 6.04 Å². The van der Waals surface area contributed by atoms with Crippen molar-refractivity contribution in [2.24, 2.45) is 0 Å². The van der Waals surface area contributed by atoms with Gasteiger partial charge in [-0.25, -0.2) is 8.42 Å². The van der Waals surface area contributed by atoms with Crippen LogP contribution in [0.15, 0.2) is 16.3 Å². The van der Waals surface area contributed by atoms with E-state index in [2.05, 4.69) is 0 Å². The van der Waals surface area contributed by atoms with Crippen molar-refractivity contribution in [2.75, 3.05) is 6.54 Å². The molecule has 0 aliphatic heterocycles. The molecule has 1 aliphatic carbocycles. The predicted molar refractivity (Wildman–Crippen MR) is 66.5 cm³/mol. The van der Waals surface area contributed by atoms with Gasteiger partial charge in [-0.3, -0.25) is 0 Å². The Morgan fingerprint density at radius 2 is 2.25 bits per heavy atom. The van der Waals surface area contributed by atoms with Crippen LogP contribution in [-0.4, -0.2) is 25.3 Å². The van der Waals surface area contributed by atoms with Gasteiger partial charge in [-0.05, 0) is 18.9 Å². The number of sulfonamides is 1. The van der Waals surface area contributed by atoms with Crippen LogP contribution in [0.2, 0.25) is 0 Å². The van der Waals surface area contributed by atoms with E-state index in [1.54, 1.807) is 15.8 Å². The molecule has 0 saturated heterocycles. The number of nitrogens with zero attached hydrogens (tertiary/aromatic N) is 1. The van der Waals surface area contributed by atoms with Crippen molar-refractivity contribution in [3.63, 3.8) is 0 Å². The minimum Gasteiger partial charge on any atom is -0.207 e. The summed E-state index contributed by atoms with van der Waals surface area (Å²) in [6.07, 6.45) is 1.97. The van der Waals surface area contributed by atoms with Crippen LogP contribution in [0.25, 0.3) is 0 Å². The van der Waals surface area contributed by atoms with Gasteiger partial charge in [0.2, 0.25) is 10.0 Å². The van der Waals surface area contributed by atoms with E-state index in [1.165, 1.54) is 11.3 Å². The Morgan fingerprint density at radius 3 is 2.69 bits per heavy atom. The molecule has 1 aliphatic rings. The second-order valence-electron chi connectivity index (χ2n) is 3.82. The first kappa shape index (κ1) is 12.4. The topological polar surface area (TPSA) is 37.4 Å². The Hall–Kier alpha value is -0.100. The fraction of sp³-hybridized carbons (Fsp3) is 0.600. The zero-order valence-corrected chi connectivity index (χ0v) is 11.4. The third-order valence-electron chi connectivity index (χ3n) is 2.63. The first-order valence-electron chi connectivity index (χ1n) is 5.24. The normalized spacial score (nSPS) is 16.9. The standard InChI is InChI=1S/C10H14ClNO2S2/c1-2-12(8-3-4-8)16(13,14)10-5-9(6-11)15-7-10/h5,7-8H,2-4,6H2,1H3. The average Bonchev–Trinajstić information content (AvgIpc) is 2.95. The van der Waals surface area contributed by atoms with Gasteiger partial charge in [0.1, 0.15) is 0 Å². The molecule has 0 amide bonds. The Morgan fingerprint density at radius 1 is 1.56 bits per heavy atom. The van der Waals surface area contributed by atoms with Gasteiger partial charge in [0.15, 0.2) is 0 Å².